The van der Waals surface area contributed by atoms with E-state index in [1.807, 2.05) is 0 Å². The minimum Gasteiger partial charge on any atom is -0.331 e. The van der Waals surface area contributed by atoms with Crippen LogP contribution in [0.2, 0.25) is 0 Å². The Labute approximate surface area is 100 Å². The Kier molecular flexibility index (Phi) is 3.19. The summed E-state index contributed by atoms with van der Waals surface area (Å²) in [5.41, 5.74) is 2.73. The Balaban J connectivity index is 2.52. The molecule has 0 fully saturated rings. The smallest absolute Gasteiger partial charge is 0.111 e. The molecule has 84 valence electrons. The van der Waals surface area contributed by atoms with Gasteiger partial charge >= 0.3 is 0 Å². The van der Waals surface area contributed by atoms with Crippen LogP contribution in [0.3, 0.4) is 0 Å². The predicted octanol–water partition coefficient (Wildman–Crippen LogP) is 3.80. The molecule has 2 nitrogen and oxygen atoms in total. The van der Waals surface area contributed by atoms with Gasteiger partial charge in [0.05, 0.1) is 5.69 Å². The molecule has 1 aliphatic rings. The lowest BCUT2D eigenvalue weighted by Gasteiger charge is -2.23. The maximum atomic E-state index is 4.78. The van der Waals surface area contributed by atoms with Gasteiger partial charge in [-0.15, -0.1) is 0 Å². The van der Waals surface area contributed by atoms with Crippen molar-refractivity contribution >= 4 is 15.9 Å². The van der Waals surface area contributed by atoms with Crippen LogP contribution in [0.15, 0.2) is 0 Å². The van der Waals surface area contributed by atoms with Crippen molar-refractivity contribution in [2.75, 3.05) is 0 Å². The predicted molar refractivity (Wildman–Crippen MR) is 66.6 cm³/mol. The van der Waals surface area contributed by atoms with Gasteiger partial charge in [0.15, 0.2) is 0 Å². The molecule has 0 spiro atoms. The van der Waals surface area contributed by atoms with Gasteiger partial charge in [0.25, 0.3) is 0 Å². The molecule has 2 heterocycles. The zero-order valence-electron chi connectivity index (χ0n) is 9.76. The summed E-state index contributed by atoms with van der Waals surface area (Å²) in [6.45, 7) is 7.94. The standard InChI is InChI=1S/C12H19BrN2/c1-8(2)12-14-10(7-13)11-9(3)5-4-6-15(11)12/h8-9H,4-7H2,1-3H3. The molecular formula is C12H19BrN2. The Morgan fingerprint density at radius 1 is 1.53 bits per heavy atom. The Bertz CT molecular complexity index is 355. The summed E-state index contributed by atoms with van der Waals surface area (Å²) >= 11 is 3.55. The highest BCUT2D eigenvalue weighted by Gasteiger charge is 2.25. The summed E-state index contributed by atoms with van der Waals surface area (Å²) in [4.78, 5) is 4.78. The summed E-state index contributed by atoms with van der Waals surface area (Å²) in [7, 11) is 0. The number of hydrogen-bond acceptors (Lipinski definition) is 1. The monoisotopic (exact) mass is 270 g/mol. The molecule has 3 heteroatoms. The van der Waals surface area contributed by atoms with Crippen molar-refractivity contribution in [2.45, 2.75) is 57.3 Å². The fourth-order valence-corrected chi connectivity index (χ4v) is 2.96. The molecule has 0 radical (unpaired) electrons. The van der Waals surface area contributed by atoms with Gasteiger partial charge in [-0.2, -0.15) is 0 Å². The SMILES string of the molecule is CC(C)c1nc(CBr)c2n1CCCC2C. The first-order valence-corrected chi connectivity index (χ1v) is 6.92. The van der Waals surface area contributed by atoms with Gasteiger partial charge in [0, 0.05) is 23.5 Å². The molecule has 2 rings (SSSR count). The highest BCUT2D eigenvalue weighted by molar-refractivity contribution is 9.08. The van der Waals surface area contributed by atoms with E-state index in [1.54, 1.807) is 0 Å². The minimum absolute atomic E-state index is 0.529. The van der Waals surface area contributed by atoms with Crippen LogP contribution in [-0.4, -0.2) is 9.55 Å². The normalized spacial score (nSPS) is 20.7. The van der Waals surface area contributed by atoms with Crippen LogP contribution in [0, 0.1) is 0 Å². The van der Waals surface area contributed by atoms with Crippen LogP contribution in [0.1, 0.15) is 62.7 Å². The van der Waals surface area contributed by atoms with Crippen molar-refractivity contribution in [2.24, 2.45) is 0 Å². The van der Waals surface area contributed by atoms with E-state index >= 15 is 0 Å². The summed E-state index contributed by atoms with van der Waals surface area (Å²) < 4.78 is 2.45. The molecule has 0 saturated heterocycles. The number of fused-ring (bicyclic) bond motifs is 1. The van der Waals surface area contributed by atoms with E-state index in [1.165, 1.54) is 30.1 Å². The van der Waals surface area contributed by atoms with Crippen LogP contribution in [-0.2, 0) is 11.9 Å². The lowest BCUT2D eigenvalue weighted by Crippen LogP contribution is -2.16. The fraction of sp³-hybridized carbons (Fsp3) is 0.750. The van der Waals surface area contributed by atoms with E-state index in [0.717, 1.165) is 11.9 Å². The third-order valence-corrected chi connectivity index (χ3v) is 3.77. The second-order valence-corrected chi connectivity index (χ2v) is 5.35. The molecule has 1 atom stereocenters. The van der Waals surface area contributed by atoms with Crippen molar-refractivity contribution < 1.29 is 0 Å². The lowest BCUT2D eigenvalue weighted by atomic mass is 9.96. The molecule has 1 aromatic rings. The molecule has 15 heavy (non-hydrogen) atoms. The van der Waals surface area contributed by atoms with E-state index in [9.17, 15) is 0 Å². The summed E-state index contributed by atoms with van der Waals surface area (Å²) in [6.07, 6.45) is 2.61. The summed E-state index contributed by atoms with van der Waals surface area (Å²) in [6, 6.07) is 0. The van der Waals surface area contributed by atoms with E-state index < -0.39 is 0 Å². The van der Waals surface area contributed by atoms with Gasteiger partial charge < -0.3 is 4.57 Å². The number of alkyl halides is 1. The van der Waals surface area contributed by atoms with Crippen molar-refractivity contribution in [3.63, 3.8) is 0 Å². The highest BCUT2D eigenvalue weighted by atomic mass is 79.9. The molecule has 0 saturated carbocycles. The maximum Gasteiger partial charge on any atom is 0.111 e. The Morgan fingerprint density at radius 2 is 2.27 bits per heavy atom. The van der Waals surface area contributed by atoms with Gasteiger partial charge in [-0.1, -0.05) is 36.7 Å². The molecule has 0 amide bonds. The van der Waals surface area contributed by atoms with Gasteiger partial charge in [0.1, 0.15) is 5.82 Å². The number of rotatable bonds is 2. The third kappa shape index (κ3) is 1.86. The first kappa shape index (κ1) is 11.2. The van der Waals surface area contributed by atoms with Crippen molar-refractivity contribution in [1.82, 2.24) is 9.55 Å². The van der Waals surface area contributed by atoms with Crippen molar-refractivity contribution in [3.8, 4) is 0 Å². The number of nitrogens with zero attached hydrogens (tertiary/aromatic N) is 2. The average molecular weight is 271 g/mol. The highest BCUT2D eigenvalue weighted by Crippen LogP contribution is 2.33. The van der Waals surface area contributed by atoms with Crippen LogP contribution < -0.4 is 0 Å². The van der Waals surface area contributed by atoms with Crippen LogP contribution in [0.4, 0.5) is 0 Å². The number of hydrogen-bond donors (Lipinski definition) is 0. The lowest BCUT2D eigenvalue weighted by molar-refractivity contribution is 0.455. The molecular weight excluding hydrogens is 252 g/mol. The van der Waals surface area contributed by atoms with Gasteiger partial charge in [-0.3, -0.25) is 0 Å². The number of aromatic nitrogens is 2. The fourth-order valence-electron chi connectivity index (χ4n) is 2.55. The first-order valence-electron chi connectivity index (χ1n) is 5.80. The van der Waals surface area contributed by atoms with Crippen molar-refractivity contribution in [3.05, 3.63) is 17.2 Å². The summed E-state index contributed by atoms with van der Waals surface area (Å²) in [5.74, 6) is 2.47. The Morgan fingerprint density at radius 3 is 2.87 bits per heavy atom. The molecule has 1 unspecified atom stereocenters. The maximum absolute atomic E-state index is 4.78. The number of halogens is 1. The molecule has 0 aromatic carbocycles. The largest absolute Gasteiger partial charge is 0.331 e. The topological polar surface area (TPSA) is 17.8 Å². The van der Waals surface area contributed by atoms with Gasteiger partial charge in [-0.25, -0.2) is 4.98 Å². The van der Waals surface area contributed by atoms with E-state index in [2.05, 4.69) is 41.3 Å². The number of imidazole rings is 1. The quantitative estimate of drug-likeness (QED) is 0.748. The molecule has 0 N–H and O–H groups in total. The van der Waals surface area contributed by atoms with Crippen LogP contribution in [0.25, 0.3) is 0 Å². The van der Waals surface area contributed by atoms with E-state index in [4.69, 9.17) is 4.98 Å². The van der Waals surface area contributed by atoms with E-state index in [-0.39, 0.29) is 0 Å². The second kappa shape index (κ2) is 4.28. The minimum atomic E-state index is 0.529. The molecule has 0 bridgehead atoms. The third-order valence-electron chi connectivity index (χ3n) is 3.24. The molecule has 0 aliphatic carbocycles. The Hall–Kier alpha value is -0.310. The summed E-state index contributed by atoms with van der Waals surface area (Å²) in [5, 5.41) is 0.888. The second-order valence-electron chi connectivity index (χ2n) is 4.79. The van der Waals surface area contributed by atoms with Gasteiger partial charge in [-0.05, 0) is 18.8 Å². The first-order chi connectivity index (χ1) is 7.15. The molecule has 1 aromatic heterocycles. The van der Waals surface area contributed by atoms with E-state index in [0.29, 0.717) is 11.8 Å². The average Bonchev–Trinajstić information content (AvgIpc) is 2.58. The zero-order chi connectivity index (χ0) is 11.0. The molecule has 1 aliphatic heterocycles. The van der Waals surface area contributed by atoms with Crippen LogP contribution >= 0.6 is 15.9 Å². The van der Waals surface area contributed by atoms with Crippen LogP contribution in [0.5, 0.6) is 0 Å². The zero-order valence-corrected chi connectivity index (χ0v) is 11.3. The van der Waals surface area contributed by atoms with Crippen molar-refractivity contribution in [1.29, 1.82) is 0 Å². The van der Waals surface area contributed by atoms with Gasteiger partial charge in [0.2, 0.25) is 0 Å².